The van der Waals surface area contributed by atoms with Crippen molar-refractivity contribution in [2.45, 2.75) is 31.8 Å². The number of carbonyl (C=O) groups excluding carboxylic acids is 3. The second-order valence-corrected chi connectivity index (χ2v) is 9.27. The smallest absolute Gasteiger partial charge is 0.255 e. The highest BCUT2D eigenvalue weighted by molar-refractivity contribution is 7.92. The number of benzene rings is 2. The molecule has 2 aromatic carbocycles. The summed E-state index contributed by atoms with van der Waals surface area (Å²) in [5.74, 6) is -1.24. The van der Waals surface area contributed by atoms with E-state index >= 15 is 0 Å². The highest BCUT2D eigenvalue weighted by atomic mass is 32.2. The Morgan fingerprint density at radius 3 is 2.57 bits per heavy atom. The lowest BCUT2D eigenvalue weighted by molar-refractivity contribution is -0.136. The van der Waals surface area contributed by atoms with Crippen molar-refractivity contribution in [3.63, 3.8) is 0 Å². The fourth-order valence-corrected chi connectivity index (χ4v) is 4.84. The topological polar surface area (TPSA) is 113 Å². The van der Waals surface area contributed by atoms with Crippen molar-refractivity contribution in [1.82, 2.24) is 10.2 Å². The van der Waals surface area contributed by atoms with Gasteiger partial charge in [0.2, 0.25) is 21.8 Å². The molecule has 3 amide bonds. The third-order valence-corrected chi connectivity index (χ3v) is 6.59. The van der Waals surface area contributed by atoms with Gasteiger partial charge in [0.1, 0.15) is 6.04 Å². The number of hydrogen-bond acceptors (Lipinski definition) is 5. The maximum atomic E-state index is 12.8. The molecule has 1 saturated heterocycles. The van der Waals surface area contributed by atoms with Crippen LogP contribution in [-0.4, -0.2) is 42.8 Å². The maximum Gasteiger partial charge on any atom is 0.255 e. The van der Waals surface area contributed by atoms with E-state index in [2.05, 4.69) is 10.0 Å². The lowest BCUT2D eigenvalue weighted by Gasteiger charge is -2.29. The lowest BCUT2D eigenvalue weighted by Crippen LogP contribution is -2.52. The average Bonchev–Trinajstić information content (AvgIpc) is 3.03. The van der Waals surface area contributed by atoms with Gasteiger partial charge >= 0.3 is 0 Å². The van der Waals surface area contributed by atoms with Crippen LogP contribution in [0.2, 0.25) is 0 Å². The van der Waals surface area contributed by atoms with Crippen LogP contribution in [0.5, 0.6) is 0 Å². The molecule has 2 aliphatic rings. The predicted octanol–water partition coefficient (Wildman–Crippen LogP) is 1.43. The van der Waals surface area contributed by atoms with Gasteiger partial charge < -0.3 is 4.90 Å². The van der Waals surface area contributed by atoms with Gasteiger partial charge in [-0.05, 0) is 36.1 Å². The summed E-state index contributed by atoms with van der Waals surface area (Å²) < 4.78 is 27.4. The molecule has 2 heterocycles. The minimum atomic E-state index is -3.59. The third kappa shape index (κ3) is 4.20. The van der Waals surface area contributed by atoms with Gasteiger partial charge in [0.05, 0.1) is 5.75 Å². The average molecular weight is 427 g/mol. The fraction of sp³-hybridized carbons (Fsp3) is 0.286. The van der Waals surface area contributed by atoms with Gasteiger partial charge in [0.25, 0.3) is 5.91 Å². The molecule has 8 nitrogen and oxygen atoms in total. The monoisotopic (exact) mass is 427 g/mol. The van der Waals surface area contributed by atoms with Crippen LogP contribution in [0.15, 0.2) is 48.5 Å². The molecule has 0 aliphatic carbocycles. The molecule has 1 atom stereocenters. The second-order valence-electron chi connectivity index (χ2n) is 7.43. The van der Waals surface area contributed by atoms with Gasteiger partial charge in [0.15, 0.2) is 0 Å². The van der Waals surface area contributed by atoms with Crippen LogP contribution in [0, 0.1) is 0 Å². The highest BCUT2D eigenvalue weighted by Gasteiger charge is 2.39. The number of hydrogen-bond donors (Lipinski definition) is 2. The Kier molecular flexibility index (Phi) is 5.29. The molecule has 0 radical (unpaired) electrons. The maximum absolute atomic E-state index is 12.8. The zero-order valence-electron chi connectivity index (χ0n) is 16.1. The number of piperidine rings is 1. The minimum absolute atomic E-state index is 0.0789. The summed E-state index contributed by atoms with van der Waals surface area (Å²) in [4.78, 5) is 37.7. The van der Waals surface area contributed by atoms with E-state index in [0.29, 0.717) is 17.7 Å². The zero-order chi connectivity index (χ0) is 21.3. The number of nitrogens with one attached hydrogen (secondary N) is 2. The van der Waals surface area contributed by atoms with E-state index in [4.69, 9.17) is 0 Å². The third-order valence-electron chi connectivity index (χ3n) is 5.30. The van der Waals surface area contributed by atoms with E-state index in [9.17, 15) is 22.8 Å². The molecule has 2 aliphatic heterocycles. The van der Waals surface area contributed by atoms with Crippen LogP contribution in [0.25, 0.3) is 0 Å². The lowest BCUT2D eigenvalue weighted by atomic mass is 10.0. The Balaban J connectivity index is 1.45. The summed E-state index contributed by atoms with van der Waals surface area (Å²) in [6, 6.07) is 13.4. The molecule has 30 heavy (non-hydrogen) atoms. The first-order valence-corrected chi connectivity index (χ1v) is 11.3. The SMILES string of the molecule is O=C1CCC(N2Cc3ccc(NS(=O)(=O)CCc4ccccc4)cc3C2=O)C(=O)N1. The molecule has 1 fully saturated rings. The standard InChI is InChI=1S/C21H21N3O5S/c25-19-9-8-18(20(26)22-19)24-13-15-6-7-16(12-17(15)21(24)27)23-30(28,29)11-10-14-4-2-1-3-5-14/h1-7,12,18,23H,8-11,13H2,(H,22,25,26). The van der Waals surface area contributed by atoms with Crippen LogP contribution in [-0.2, 0) is 32.6 Å². The fourth-order valence-electron chi connectivity index (χ4n) is 3.75. The molecule has 9 heteroatoms. The van der Waals surface area contributed by atoms with Crippen LogP contribution in [0.4, 0.5) is 5.69 Å². The van der Waals surface area contributed by atoms with Crippen molar-refractivity contribution in [2.75, 3.05) is 10.5 Å². The Bertz CT molecular complexity index is 1110. The Morgan fingerprint density at radius 1 is 1.07 bits per heavy atom. The molecule has 0 bridgehead atoms. The first-order chi connectivity index (χ1) is 14.3. The first-order valence-electron chi connectivity index (χ1n) is 9.64. The number of nitrogens with zero attached hydrogens (tertiary/aromatic N) is 1. The number of carbonyl (C=O) groups is 3. The molecule has 2 aromatic rings. The van der Waals surface area contributed by atoms with E-state index in [1.165, 1.54) is 11.0 Å². The Labute approximate surface area is 174 Å². The predicted molar refractivity (Wildman–Crippen MR) is 110 cm³/mol. The van der Waals surface area contributed by atoms with E-state index in [1.54, 1.807) is 12.1 Å². The number of imide groups is 1. The Hall–Kier alpha value is -3.20. The van der Waals surface area contributed by atoms with Crippen LogP contribution in [0.3, 0.4) is 0 Å². The molecule has 4 rings (SSSR count). The van der Waals surface area contributed by atoms with Crippen molar-refractivity contribution in [2.24, 2.45) is 0 Å². The van der Waals surface area contributed by atoms with Gasteiger partial charge in [-0.25, -0.2) is 8.42 Å². The molecule has 156 valence electrons. The molecule has 2 N–H and O–H groups in total. The van der Waals surface area contributed by atoms with Crippen LogP contribution < -0.4 is 10.0 Å². The molecule has 0 aromatic heterocycles. The van der Waals surface area contributed by atoms with Crippen molar-refractivity contribution >= 4 is 33.4 Å². The van der Waals surface area contributed by atoms with E-state index in [-0.39, 0.29) is 37.0 Å². The van der Waals surface area contributed by atoms with E-state index in [1.807, 2.05) is 30.3 Å². The van der Waals surface area contributed by atoms with Gasteiger partial charge in [-0.15, -0.1) is 0 Å². The molecule has 0 saturated carbocycles. The van der Waals surface area contributed by atoms with Gasteiger partial charge in [0, 0.05) is 24.2 Å². The van der Waals surface area contributed by atoms with Crippen molar-refractivity contribution in [3.8, 4) is 0 Å². The summed E-state index contributed by atoms with van der Waals surface area (Å²) in [6.07, 6.45) is 0.843. The minimum Gasteiger partial charge on any atom is -0.322 e. The second kappa shape index (κ2) is 7.91. The zero-order valence-corrected chi connectivity index (χ0v) is 16.9. The van der Waals surface area contributed by atoms with Crippen LogP contribution >= 0.6 is 0 Å². The number of amides is 3. The number of anilines is 1. The van der Waals surface area contributed by atoms with E-state index in [0.717, 1.165) is 11.1 Å². The van der Waals surface area contributed by atoms with Gasteiger partial charge in [-0.3, -0.25) is 24.4 Å². The Morgan fingerprint density at radius 2 is 1.83 bits per heavy atom. The molecule has 0 spiro atoms. The number of sulfonamides is 1. The molecular weight excluding hydrogens is 406 g/mol. The quantitative estimate of drug-likeness (QED) is 0.678. The van der Waals surface area contributed by atoms with Gasteiger partial charge in [-0.2, -0.15) is 0 Å². The summed E-state index contributed by atoms with van der Waals surface area (Å²) in [5.41, 5.74) is 2.31. The van der Waals surface area contributed by atoms with E-state index < -0.39 is 22.0 Å². The van der Waals surface area contributed by atoms with Crippen LogP contribution in [0.1, 0.15) is 34.3 Å². The van der Waals surface area contributed by atoms with Gasteiger partial charge in [-0.1, -0.05) is 36.4 Å². The summed E-state index contributed by atoms with van der Waals surface area (Å²) in [5, 5.41) is 2.26. The summed E-state index contributed by atoms with van der Waals surface area (Å²) in [6.45, 7) is 0.251. The molecular formula is C21H21N3O5S. The summed E-state index contributed by atoms with van der Waals surface area (Å²) in [7, 11) is -3.59. The van der Waals surface area contributed by atoms with Crippen molar-refractivity contribution in [1.29, 1.82) is 0 Å². The number of fused-ring (bicyclic) bond motifs is 1. The van der Waals surface area contributed by atoms with Crippen molar-refractivity contribution < 1.29 is 22.8 Å². The normalized spacial score (nSPS) is 18.9. The molecule has 1 unspecified atom stereocenters. The highest BCUT2D eigenvalue weighted by Crippen LogP contribution is 2.29. The summed E-state index contributed by atoms with van der Waals surface area (Å²) >= 11 is 0. The van der Waals surface area contributed by atoms with Crippen molar-refractivity contribution in [3.05, 3.63) is 65.2 Å². The number of rotatable bonds is 6. The number of aryl methyl sites for hydroxylation is 1. The largest absolute Gasteiger partial charge is 0.322 e. The first kappa shape index (κ1) is 20.1.